The molecule has 0 fully saturated rings. The Balaban J connectivity index is 2.45. The SMILES string of the molecule is CCOCCC(=O)NC(C)CC(C)(C)c1ccccc1. The second-order valence-corrected chi connectivity index (χ2v) is 5.87. The summed E-state index contributed by atoms with van der Waals surface area (Å²) in [6.07, 6.45) is 1.35. The highest BCUT2D eigenvalue weighted by molar-refractivity contribution is 5.76. The van der Waals surface area contributed by atoms with Crippen LogP contribution < -0.4 is 5.32 Å². The number of carbonyl (C=O) groups is 1. The Morgan fingerprint density at radius 1 is 1.30 bits per heavy atom. The van der Waals surface area contributed by atoms with Crippen molar-refractivity contribution in [2.75, 3.05) is 13.2 Å². The standard InChI is InChI=1S/C17H27NO2/c1-5-20-12-11-16(19)18-14(2)13-17(3,4)15-9-7-6-8-10-15/h6-10,14H,5,11-13H2,1-4H3,(H,18,19). The number of amides is 1. The smallest absolute Gasteiger partial charge is 0.222 e. The van der Waals surface area contributed by atoms with Gasteiger partial charge in [-0.1, -0.05) is 44.2 Å². The lowest BCUT2D eigenvalue weighted by molar-refractivity contribution is -0.122. The van der Waals surface area contributed by atoms with E-state index in [9.17, 15) is 4.79 Å². The van der Waals surface area contributed by atoms with Gasteiger partial charge in [-0.2, -0.15) is 0 Å². The third-order valence-corrected chi connectivity index (χ3v) is 3.46. The first kappa shape index (κ1) is 16.7. The summed E-state index contributed by atoms with van der Waals surface area (Å²) >= 11 is 0. The number of nitrogens with one attached hydrogen (secondary N) is 1. The first-order valence-corrected chi connectivity index (χ1v) is 7.38. The zero-order valence-electron chi connectivity index (χ0n) is 13.1. The second-order valence-electron chi connectivity index (χ2n) is 5.87. The highest BCUT2D eigenvalue weighted by Crippen LogP contribution is 2.28. The minimum absolute atomic E-state index is 0.0495. The van der Waals surface area contributed by atoms with Crippen molar-refractivity contribution in [2.45, 2.75) is 52.0 Å². The fourth-order valence-electron chi connectivity index (χ4n) is 2.48. The van der Waals surface area contributed by atoms with Gasteiger partial charge in [0.05, 0.1) is 6.61 Å². The van der Waals surface area contributed by atoms with Crippen LogP contribution in [0, 0.1) is 0 Å². The predicted octanol–water partition coefficient (Wildman–Crippen LogP) is 3.29. The molecule has 3 nitrogen and oxygen atoms in total. The molecule has 0 aliphatic rings. The van der Waals surface area contributed by atoms with Crippen molar-refractivity contribution < 1.29 is 9.53 Å². The number of hydrogen-bond acceptors (Lipinski definition) is 2. The van der Waals surface area contributed by atoms with Gasteiger partial charge in [-0.15, -0.1) is 0 Å². The summed E-state index contributed by atoms with van der Waals surface area (Å²) in [6, 6.07) is 10.6. The lowest BCUT2D eigenvalue weighted by Gasteiger charge is -2.29. The van der Waals surface area contributed by atoms with Crippen molar-refractivity contribution in [3.05, 3.63) is 35.9 Å². The summed E-state index contributed by atoms with van der Waals surface area (Å²) < 4.78 is 5.20. The van der Waals surface area contributed by atoms with E-state index in [4.69, 9.17) is 4.74 Å². The van der Waals surface area contributed by atoms with E-state index in [2.05, 4.69) is 50.4 Å². The fourth-order valence-corrected chi connectivity index (χ4v) is 2.48. The molecular weight excluding hydrogens is 250 g/mol. The van der Waals surface area contributed by atoms with E-state index >= 15 is 0 Å². The van der Waals surface area contributed by atoms with Crippen molar-refractivity contribution in [3.8, 4) is 0 Å². The quantitative estimate of drug-likeness (QED) is 0.741. The number of hydrogen-bond donors (Lipinski definition) is 1. The van der Waals surface area contributed by atoms with Crippen LogP contribution in [-0.2, 0) is 14.9 Å². The molecule has 1 unspecified atom stereocenters. The molecule has 0 aliphatic heterocycles. The average Bonchev–Trinajstić information content (AvgIpc) is 2.39. The first-order chi connectivity index (χ1) is 9.45. The zero-order chi connectivity index (χ0) is 15.0. The van der Waals surface area contributed by atoms with Crippen LogP contribution in [0.3, 0.4) is 0 Å². The van der Waals surface area contributed by atoms with Crippen molar-refractivity contribution in [1.29, 1.82) is 0 Å². The van der Waals surface area contributed by atoms with Gasteiger partial charge >= 0.3 is 0 Å². The molecule has 1 rings (SSSR count). The highest BCUT2D eigenvalue weighted by atomic mass is 16.5. The molecule has 0 spiro atoms. The van der Waals surface area contributed by atoms with E-state index in [1.165, 1.54) is 5.56 Å². The van der Waals surface area contributed by atoms with Crippen molar-refractivity contribution >= 4 is 5.91 Å². The Morgan fingerprint density at radius 2 is 1.95 bits per heavy atom. The third-order valence-electron chi connectivity index (χ3n) is 3.46. The van der Waals surface area contributed by atoms with E-state index in [-0.39, 0.29) is 17.4 Å². The summed E-state index contributed by atoms with van der Waals surface area (Å²) in [5, 5.41) is 3.05. The maximum absolute atomic E-state index is 11.8. The van der Waals surface area contributed by atoms with Crippen LogP contribution in [0.2, 0.25) is 0 Å². The molecule has 1 aromatic rings. The molecule has 0 bridgehead atoms. The summed E-state index contributed by atoms with van der Waals surface area (Å²) in [6.45, 7) is 9.57. The van der Waals surface area contributed by atoms with Crippen LogP contribution >= 0.6 is 0 Å². The molecular formula is C17H27NO2. The molecule has 20 heavy (non-hydrogen) atoms. The summed E-state index contributed by atoms with van der Waals surface area (Å²) in [5.41, 5.74) is 1.35. The Hall–Kier alpha value is -1.35. The van der Waals surface area contributed by atoms with E-state index in [0.29, 0.717) is 19.6 Å². The normalized spacial score (nSPS) is 13.0. The lowest BCUT2D eigenvalue weighted by Crippen LogP contribution is -2.37. The second kappa shape index (κ2) is 8.05. The van der Waals surface area contributed by atoms with E-state index in [1.54, 1.807) is 0 Å². The van der Waals surface area contributed by atoms with Gasteiger partial charge in [0.1, 0.15) is 0 Å². The molecule has 112 valence electrons. The minimum Gasteiger partial charge on any atom is -0.381 e. The van der Waals surface area contributed by atoms with Crippen molar-refractivity contribution in [2.24, 2.45) is 0 Å². The molecule has 0 saturated carbocycles. The van der Waals surface area contributed by atoms with Crippen LogP contribution in [0.4, 0.5) is 0 Å². The van der Waals surface area contributed by atoms with Crippen molar-refractivity contribution in [1.82, 2.24) is 5.32 Å². The van der Waals surface area contributed by atoms with Crippen LogP contribution in [0.25, 0.3) is 0 Å². The maximum Gasteiger partial charge on any atom is 0.222 e. The van der Waals surface area contributed by atoms with Crippen LogP contribution in [0.5, 0.6) is 0 Å². The van der Waals surface area contributed by atoms with Crippen LogP contribution in [-0.4, -0.2) is 25.2 Å². The molecule has 0 aromatic heterocycles. The number of rotatable bonds is 8. The average molecular weight is 277 g/mol. The van der Waals surface area contributed by atoms with Crippen molar-refractivity contribution in [3.63, 3.8) is 0 Å². The van der Waals surface area contributed by atoms with Gasteiger partial charge in [-0.3, -0.25) is 4.79 Å². The van der Waals surface area contributed by atoms with Crippen LogP contribution in [0.15, 0.2) is 30.3 Å². The summed E-state index contributed by atoms with van der Waals surface area (Å²) in [5.74, 6) is 0.0646. The molecule has 0 radical (unpaired) electrons. The predicted molar refractivity (Wildman–Crippen MR) is 82.8 cm³/mol. The van der Waals surface area contributed by atoms with Gasteiger partial charge in [0.2, 0.25) is 5.91 Å². The Labute approximate surface area is 122 Å². The van der Waals surface area contributed by atoms with Crippen LogP contribution in [0.1, 0.15) is 46.1 Å². The minimum atomic E-state index is 0.0495. The van der Waals surface area contributed by atoms with E-state index < -0.39 is 0 Å². The fraction of sp³-hybridized carbons (Fsp3) is 0.588. The molecule has 0 aliphatic carbocycles. The lowest BCUT2D eigenvalue weighted by atomic mass is 9.79. The summed E-state index contributed by atoms with van der Waals surface area (Å²) in [4.78, 5) is 11.8. The maximum atomic E-state index is 11.8. The number of carbonyl (C=O) groups excluding carboxylic acids is 1. The highest BCUT2D eigenvalue weighted by Gasteiger charge is 2.23. The Morgan fingerprint density at radius 3 is 2.55 bits per heavy atom. The van der Waals surface area contributed by atoms with Gasteiger partial charge < -0.3 is 10.1 Å². The first-order valence-electron chi connectivity index (χ1n) is 7.38. The van der Waals surface area contributed by atoms with Gasteiger partial charge in [-0.25, -0.2) is 0 Å². The zero-order valence-corrected chi connectivity index (χ0v) is 13.1. The topological polar surface area (TPSA) is 38.3 Å². The molecule has 1 amide bonds. The van der Waals surface area contributed by atoms with Gasteiger partial charge in [0.25, 0.3) is 0 Å². The number of benzene rings is 1. The summed E-state index contributed by atoms with van der Waals surface area (Å²) in [7, 11) is 0. The Kier molecular flexibility index (Phi) is 6.73. The van der Waals surface area contributed by atoms with Gasteiger partial charge in [0, 0.05) is 19.1 Å². The van der Waals surface area contributed by atoms with Gasteiger partial charge in [-0.05, 0) is 31.2 Å². The van der Waals surface area contributed by atoms with E-state index in [0.717, 1.165) is 6.42 Å². The molecule has 3 heteroatoms. The third kappa shape index (κ3) is 5.74. The molecule has 0 heterocycles. The molecule has 0 saturated heterocycles. The molecule has 1 N–H and O–H groups in total. The van der Waals surface area contributed by atoms with Gasteiger partial charge in [0.15, 0.2) is 0 Å². The monoisotopic (exact) mass is 277 g/mol. The Bertz CT molecular complexity index is 401. The number of ether oxygens (including phenoxy) is 1. The molecule has 1 aromatic carbocycles. The largest absolute Gasteiger partial charge is 0.381 e. The molecule has 1 atom stereocenters. The van der Waals surface area contributed by atoms with E-state index in [1.807, 2.05) is 13.0 Å².